The molecule has 0 radical (unpaired) electrons. The van der Waals surface area contributed by atoms with Crippen LogP contribution in [0, 0.1) is 11.6 Å². The van der Waals surface area contributed by atoms with Crippen LogP contribution in [-0.2, 0) is 16.8 Å². The Kier molecular flexibility index (Phi) is 4.78. The molecule has 0 saturated carbocycles. The molecule has 0 amide bonds. The fraction of sp³-hybridized carbons (Fsp3) is 0.0556. The first-order chi connectivity index (χ1) is 11.5. The van der Waals surface area contributed by atoms with Gasteiger partial charge in [0.25, 0.3) is 0 Å². The van der Waals surface area contributed by atoms with E-state index in [-0.39, 0.29) is 17.1 Å². The minimum Gasteiger partial charge on any atom is -0.306 e. The number of pyridine rings is 1. The Morgan fingerprint density at radius 1 is 1.00 bits per heavy atom. The summed E-state index contributed by atoms with van der Waals surface area (Å²) in [5, 5.41) is 0. The van der Waals surface area contributed by atoms with Crippen molar-refractivity contribution in [2.24, 2.45) is 0 Å². The van der Waals surface area contributed by atoms with E-state index in [1.54, 1.807) is 30.5 Å². The van der Waals surface area contributed by atoms with Gasteiger partial charge in [-0.15, -0.1) is 0 Å². The first kappa shape index (κ1) is 16.4. The van der Waals surface area contributed by atoms with E-state index in [0.717, 1.165) is 11.1 Å². The molecule has 2 aromatic carbocycles. The molecular formula is C18H13F2NO2S. The summed E-state index contributed by atoms with van der Waals surface area (Å²) in [7, 11) is 0. The van der Waals surface area contributed by atoms with Gasteiger partial charge in [0.05, 0.1) is 11.4 Å². The second-order valence-corrected chi connectivity index (χ2v) is 6.11. The Balaban J connectivity index is 2.06. The normalized spacial score (nSPS) is 12.1. The van der Waals surface area contributed by atoms with Gasteiger partial charge in [-0.1, -0.05) is 30.3 Å². The summed E-state index contributed by atoms with van der Waals surface area (Å²) in [6.07, 6.45) is 1.59. The number of halogens is 2. The zero-order chi connectivity index (χ0) is 17.1. The van der Waals surface area contributed by atoms with Crippen LogP contribution >= 0.6 is 0 Å². The van der Waals surface area contributed by atoms with E-state index in [1.165, 1.54) is 24.3 Å². The summed E-state index contributed by atoms with van der Waals surface area (Å²) in [6, 6.07) is 14.0. The number of benzene rings is 2. The summed E-state index contributed by atoms with van der Waals surface area (Å²) in [5.74, 6) is -1.17. The van der Waals surface area contributed by atoms with Crippen molar-refractivity contribution in [2.45, 2.75) is 5.75 Å². The van der Waals surface area contributed by atoms with E-state index in [1.807, 2.05) is 6.07 Å². The third-order valence-corrected chi connectivity index (χ3v) is 4.13. The fourth-order valence-electron chi connectivity index (χ4n) is 2.44. The second kappa shape index (κ2) is 6.98. The van der Waals surface area contributed by atoms with Crippen molar-refractivity contribution in [2.75, 3.05) is 0 Å². The highest BCUT2D eigenvalue weighted by Crippen LogP contribution is 2.31. The summed E-state index contributed by atoms with van der Waals surface area (Å²) in [6.45, 7) is 0. The average Bonchev–Trinajstić information content (AvgIpc) is 2.57. The molecule has 0 spiro atoms. The Hall–Kier alpha value is -2.44. The van der Waals surface area contributed by atoms with Gasteiger partial charge in [0, 0.05) is 22.9 Å². The molecule has 1 heterocycles. The third kappa shape index (κ3) is 3.55. The molecule has 6 heteroatoms. The molecule has 1 N–H and O–H groups in total. The highest BCUT2D eigenvalue weighted by molar-refractivity contribution is 7.78. The highest BCUT2D eigenvalue weighted by Gasteiger charge is 2.12. The molecule has 1 aromatic heterocycles. The first-order valence-electron chi connectivity index (χ1n) is 7.12. The standard InChI is InChI=1S/C18H13F2NO2S/c19-15-7-5-12(6-8-15)16-2-1-9-21-18(16)13-3-4-14(11-24(22)23)17(20)10-13/h1-10H,11H2,(H,22,23). The van der Waals surface area contributed by atoms with Gasteiger partial charge in [-0.05, 0) is 29.8 Å². The quantitative estimate of drug-likeness (QED) is 0.712. The maximum atomic E-state index is 14.2. The maximum Gasteiger partial charge on any atom is 0.157 e. The summed E-state index contributed by atoms with van der Waals surface area (Å²) >= 11 is -2.11. The molecular weight excluding hydrogens is 332 g/mol. The smallest absolute Gasteiger partial charge is 0.157 e. The molecule has 3 rings (SSSR count). The zero-order valence-electron chi connectivity index (χ0n) is 12.4. The van der Waals surface area contributed by atoms with Crippen molar-refractivity contribution >= 4 is 11.1 Å². The van der Waals surface area contributed by atoms with Gasteiger partial charge in [-0.3, -0.25) is 4.98 Å². The lowest BCUT2D eigenvalue weighted by Crippen LogP contribution is -1.97. The molecule has 0 aliphatic rings. The number of hydrogen-bond acceptors (Lipinski definition) is 2. The topological polar surface area (TPSA) is 50.2 Å². The molecule has 3 nitrogen and oxygen atoms in total. The Morgan fingerprint density at radius 3 is 2.38 bits per heavy atom. The van der Waals surface area contributed by atoms with E-state index < -0.39 is 16.9 Å². The van der Waals surface area contributed by atoms with Crippen LogP contribution in [0.1, 0.15) is 5.56 Å². The van der Waals surface area contributed by atoms with Crippen LogP contribution in [0.5, 0.6) is 0 Å². The van der Waals surface area contributed by atoms with E-state index in [9.17, 15) is 13.0 Å². The van der Waals surface area contributed by atoms with Gasteiger partial charge < -0.3 is 4.55 Å². The van der Waals surface area contributed by atoms with E-state index in [2.05, 4.69) is 4.98 Å². The Morgan fingerprint density at radius 2 is 1.71 bits per heavy atom. The van der Waals surface area contributed by atoms with Crippen LogP contribution < -0.4 is 0 Å². The van der Waals surface area contributed by atoms with Crippen LogP contribution in [0.15, 0.2) is 60.8 Å². The van der Waals surface area contributed by atoms with Gasteiger partial charge in [0.2, 0.25) is 0 Å². The zero-order valence-corrected chi connectivity index (χ0v) is 13.3. The number of aromatic nitrogens is 1. The Bertz CT molecular complexity index is 898. The maximum absolute atomic E-state index is 14.2. The minimum atomic E-state index is -2.11. The van der Waals surface area contributed by atoms with Crippen molar-refractivity contribution in [3.05, 3.63) is 78.0 Å². The summed E-state index contributed by atoms with van der Waals surface area (Å²) < 4.78 is 47.0. The summed E-state index contributed by atoms with van der Waals surface area (Å²) in [4.78, 5) is 4.31. The number of nitrogens with zero attached hydrogens (tertiary/aromatic N) is 1. The lowest BCUT2D eigenvalue weighted by atomic mass is 9.98. The largest absolute Gasteiger partial charge is 0.306 e. The monoisotopic (exact) mass is 345 g/mol. The van der Waals surface area contributed by atoms with Crippen molar-refractivity contribution in [3.63, 3.8) is 0 Å². The van der Waals surface area contributed by atoms with E-state index in [4.69, 9.17) is 4.55 Å². The average molecular weight is 345 g/mol. The predicted molar refractivity (Wildman–Crippen MR) is 89.5 cm³/mol. The molecule has 122 valence electrons. The van der Waals surface area contributed by atoms with Crippen LogP contribution in [-0.4, -0.2) is 13.7 Å². The van der Waals surface area contributed by atoms with Gasteiger partial charge in [-0.2, -0.15) is 0 Å². The predicted octanol–water partition coefficient (Wildman–Crippen LogP) is 4.42. The van der Waals surface area contributed by atoms with Gasteiger partial charge >= 0.3 is 0 Å². The van der Waals surface area contributed by atoms with Gasteiger partial charge in [0.1, 0.15) is 11.6 Å². The van der Waals surface area contributed by atoms with Crippen LogP contribution in [0.2, 0.25) is 0 Å². The molecule has 0 bridgehead atoms. The number of hydrogen-bond donors (Lipinski definition) is 1. The lowest BCUT2D eigenvalue weighted by molar-refractivity contribution is 0.559. The van der Waals surface area contributed by atoms with Gasteiger partial charge in [-0.25, -0.2) is 13.0 Å². The second-order valence-electron chi connectivity index (χ2n) is 5.18. The first-order valence-corrected chi connectivity index (χ1v) is 8.39. The van der Waals surface area contributed by atoms with E-state index >= 15 is 0 Å². The molecule has 0 aliphatic carbocycles. The number of rotatable bonds is 4. The Labute approximate surface area is 140 Å². The molecule has 0 aliphatic heterocycles. The fourth-order valence-corrected chi connectivity index (χ4v) is 2.94. The van der Waals surface area contributed by atoms with Crippen LogP contribution in [0.3, 0.4) is 0 Å². The highest BCUT2D eigenvalue weighted by atomic mass is 32.2. The van der Waals surface area contributed by atoms with Crippen molar-refractivity contribution < 1.29 is 17.5 Å². The molecule has 1 unspecified atom stereocenters. The SMILES string of the molecule is O=S(O)Cc1ccc(-c2ncccc2-c2ccc(F)cc2)cc1F. The minimum absolute atomic E-state index is 0.166. The van der Waals surface area contributed by atoms with Crippen LogP contribution in [0.25, 0.3) is 22.4 Å². The summed E-state index contributed by atoms with van der Waals surface area (Å²) in [5.41, 5.74) is 2.77. The molecule has 0 saturated heterocycles. The lowest BCUT2D eigenvalue weighted by Gasteiger charge is -2.10. The molecule has 24 heavy (non-hydrogen) atoms. The van der Waals surface area contributed by atoms with Crippen molar-refractivity contribution in [1.29, 1.82) is 0 Å². The van der Waals surface area contributed by atoms with E-state index in [0.29, 0.717) is 11.3 Å². The molecule has 3 aromatic rings. The molecule has 1 atom stereocenters. The molecule has 0 fully saturated rings. The van der Waals surface area contributed by atoms with Crippen molar-refractivity contribution in [3.8, 4) is 22.4 Å². The third-order valence-electron chi connectivity index (χ3n) is 3.57. The van der Waals surface area contributed by atoms with Crippen LogP contribution in [0.4, 0.5) is 8.78 Å². The van der Waals surface area contributed by atoms with Gasteiger partial charge in [0.15, 0.2) is 11.1 Å². The van der Waals surface area contributed by atoms with Crippen molar-refractivity contribution in [1.82, 2.24) is 4.98 Å².